The third-order valence-corrected chi connectivity index (χ3v) is 1.49. The molecule has 2 N–H and O–H groups in total. The number of aliphatic hydroxyl groups excluding tert-OH is 1. The van der Waals surface area contributed by atoms with Crippen molar-refractivity contribution in [3.05, 3.63) is 11.3 Å². The molecule has 0 aromatic rings. The van der Waals surface area contributed by atoms with Crippen LogP contribution in [0.15, 0.2) is 11.3 Å². The Morgan fingerprint density at radius 1 is 1.38 bits per heavy atom. The first kappa shape index (κ1) is 14.4. The first-order chi connectivity index (χ1) is 7.25. The molecule has 0 amide bonds. The van der Waals surface area contributed by atoms with Crippen LogP contribution in [0.4, 0.5) is 13.2 Å². The largest absolute Gasteiger partial charge is 0.509 e. The summed E-state index contributed by atoms with van der Waals surface area (Å²) in [5.74, 6) is -2.45. The van der Waals surface area contributed by atoms with Gasteiger partial charge < -0.3 is 14.6 Å². The lowest BCUT2D eigenvalue weighted by molar-refractivity contribution is -0.136. The van der Waals surface area contributed by atoms with Crippen LogP contribution < -0.4 is 0 Å². The number of halogens is 3. The van der Waals surface area contributed by atoms with Crippen molar-refractivity contribution < 1.29 is 32.5 Å². The summed E-state index contributed by atoms with van der Waals surface area (Å²) in [6.07, 6.45) is -5.05. The molecule has 0 unspecified atom stereocenters. The number of alkyl halides is 3. The van der Waals surface area contributed by atoms with E-state index >= 15 is 0 Å². The van der Waals surface area contributed by atoms with E-state index in [1.165, 1.54) is 0 Å². The lowest BCUT2D eigenvalue weighted by atomic mass is 10.1. The normalized spacial score (nSPS) is 13.1. The fraction of sp³-hybridized carbons (Fsp3) is 0.500. The zero-order valence-corrected chi connectivity index (χ0v) is 8.51. The van der Waals surface area contributed by atoms with Crippen LogP contribution in [0.3, 0.4) is 0 Å². The Morgan fingerprint density at radius 2 is 1.88 bits per heavy atom. The van der Waals surface area contributed by atoms with E-state index in [4.69, 9.17) is 10.5 Å². The minimum Gasteiger partial charge on any atom is -0.509 e. The van der Waals surface area contributed by atoms with E-state index in [2.05, 4.69) is 9.47 Å². The number of carbonyl (C=O) groups excluding carboxylic acids is 1. The molecular weight excluding hydrogens is 231 g/mol. The van der Waals surface area contributed by atoms with Crippen molar-refractivity contribution >= 4 is 11.7 Å². The standard InChI is InChI=1S/C8H10F3NO4/c1-15-3-4(13)5(7(14)16-2)6(12)8(9,10)11/h12-13H,3H2,1-2H3/b5-4-,12-6?. The highest BCUT2D eigenvalue weighted by molar-refractivity contribution is 6.21. The Bertz CT molecular complexity index is 322. The summed E-state index contributed by atoms with van der Waals surface area (Å²) in [6, 6.07) is 0. The summed E-state index contributed by atoms with van der Waals surface area (Å²) in [7, 11) is 1.95. The molecule has 0 aliphatic carbocycles. The van der Waals surface area contributed by atoms with Crippen LogP contribution in [0.5, 0.6) is 0 Å². The van der Waals surface area contributed by atoms with Crippen molar-refractivity contribution in [2.24, 2.45) is 0 Å². The topological polar surface area (TPSA) is 79.6 Å². The van der Waals surface area contributed by atoms with Crippen molar-refractivity contribution in [2.75, 3.05) is 20.8 Å². The number of hydrogen-bond acceptors (Lipinski definition) is 5. The van der Waals surface area contributed by atoms with E-state index in [9.17, 15) is 18.0 Å². The zero-order chi connectivity index (χ0) is 12.9. The molecule has 5 nitrogen and oxygen atoms in total. The van der Waals surface area contributed by atoms with Gasteiger partial charge in [0.15, 0.2) is 5.71 Å². The smallest absolute Gasteiger partial charge is 0.433 e. The molecule has 0 saturated carbocycles. The summed E-state index contributed by atoms with van der Waals surface area (Å²) in [6.45, 7) is -0.622. The molecule has 0 bridgehead atoms. The number of ether oxygens (including phenoxy) is 2. The monoisotopic (exact) mass is 241 g/mol. The van der Waals surface area contributed by atoms with Crippen LogP contribution >= 0.6 is 0 Å². The average molecular weight is 241 g/mol. The Morgan fingerprint density at radius 3 is 2.19 bits per heavy atom. The van der Waals surface area contributed by atoms with Gasteiger partial charge in [0.25, 0.3) is 0 Å². The summed E-state index contributed by atoms with van der Waals surface area (Å²) < 4.78 is 44.9. The third kappa shape index (κ3) is 3.54. The lowest BCUT2D eigenvalue weighted by Gasteiger charge is -2.12. The number of rotatable bonds is 4. The van der Waals surface area contributed by atoms with E-state index in [1.807, 2.05) is 0 Å². The van der Waals surface area contributed by atoms with Gasteiger partial charge in [0, 0.05) is 7.11 Å². The molecule has 0 aromatic heterocycles. The molecule has 8 heteroatoms. The van der Waals surface area contributed by atoms with Crippen molar-refractivity contribution in [1.29, 1.82) is 5.41 Å². The van der Waals surface area contributed by atoms with Gasteiger partial charge in [-0.15, -0.1) is 0 Å². The molecule has 0 saturated heterocycles. The van der Waals surface area contributed by atoms with Gasteiger partial charge >= 0.3 is 12.1 Å². The number of nitrogens with one attached hydrogen (secondary N) is 1. The average Bonchev–Trinajstić information content (AvgIpc) is 2.16. The molecule has 0 aromatic carbocycles. The zero-order valence-electron chi connectivity index (χ0n) is 8.51. The molecule has 0 rings (SSSR count). The van der Waals surface area contributed by atoms with Crippen LogP contribution in [0.1, 0.15) is 0 Å². The molecular formula is C8H10F3NO4. The molecule has 0 radical (unpaired) electrons. The molecule has 0 fully saturated rings. The SMILES string of the molecule is COC/C(O)=C(\C(=N)C(F)(F)F)C(=O)OC. The first-order valence-corrected chi connectivity index (χ1v) is 3.91. The van der Waals surface area contributed by atoms with E-state index in [0.717, 1.165) is 14.2 Å². The van der Waals surface area contributed by atoms with Gasteiger partial charge in [-0.25, -0.2) is 4.79 Å². The van der Waals surface area contributed by atoms with Gasteiger partial charge in [-0.05, 0) is 0 Å². The summed E-state index contributed by atoms with van der Waals surface area (Å²) in [5, 5.41) is 15.9. The predicted octanol–water partition coefficient (Wildman–Crippen LogP) is 1.20. The Kier molecular flexibility index (Phi) is 4.96. The number of aliphatic hydroxyl groups is 1. The summed E-state index contributed by atoms with van der Waals surface area (Å²) in [5.41, 5.74) is -3.23. The summed E-state index contributed by atoms with van der Waals surface area (Å²) >= 11 is 0. The quantitative estimate of drug-likeness (QED) is 0.335. The van der Waals surface area contributed by atoms with E-state index in [1.54, 1.807) is 0 Å². The van der Waals surface area contributed by atoms with Gasteiger partial charge in [0.1, 0.15) is 17.9 Å². The molecule has 92 valence electrons. The Labute approximate surface area is 89.0 Å². The second-order valence-corrected chi connectivity index (χ2v) is 2.62. The molecule has 0 aliphatic heterocycles. The maximum Gasteiger partial charge on any atom is 0.433 e. The van der Waals surface area contributed by atoms with E-state index < -0.39 is 35.8 Å². The Hall–Kier alpha value is -1.57. The second kappa shape index (κ2) is 5.50. The van der Waals surface area contributed by atoms with Crippen LogP contribution in [0.2, 0.25) is 0 Å². The number of carbonyl (C=O) groups is 1. The van der Waals surface area contributed by atoms with Gasteiger partial charge in [-0.1, -0.05) is 0 Å². The maximum atomic E-state index is 12.2. The van der Waals surface area contributed by atoms with E-state index in [-0.39, 0.29) is 0 Å². The minimum atomic E-state index is -5.05. The second-order valence-electron chi connectivity index (χ2n) is 2.62. The van der Waals surface area contributed by atoms with Crippen molar-refractivity contribution in [2.45, 2.75) is 6.18 Å². The highest BCUT2D eigenvalue weighted by Crippen LogP contribution is 2.23. The third-order valence-electron chi connectivity index (χ3n) is 1.49. The van der Waals surface area contributed by atoms with Crippen LogP contribution in [-0.4, -0.2) is 43.8 Å². The molecule has 0 heterocycles. The number of hydrogen-bond donors (Lipinski definition) is 2. The molecule has 0 spiro atoms. The lowest BCUT2D eigenvalue weighted by Crippen LogP contribution is -2.30. The van der Waals surface area contributed by atoms with Gasteiger partial charge in [0.05, 0.1) is 7.11 Å². The fourth-order valence-electron chi connectivity index (χ4n) is 0.817. The fourth-order valence-corrected chi connectivity index (χ4v) is 0.817. The van der Waals surface area contributed by atoms with Gasteiger partial charge in [-0.3, -0.25) is 5.41 Å². The molecule has 0 aliphatic rings. The van der Waals surface area contributed by atoms with Crippen molar-refractivity contribution in [1.82, 2.24) is 0 Å². The van der Waals surface area contributed by atoms with Gasteiger partial charge in [-0.2, -0.15) is 13.2 Å². The number of methoxy groups -OCH3 is 2. The van der Waals surface area contributed by atoms with E-state index in [0.29, 0.717) is 0 Å². The highest BCUT2D eigenvalue weighted by Gasteiger charge is 2.41. The van der Waals surface area contributed by atoms with Crippen LogP contribution in [0.25, 0.3) is 0 Å². The maximum absolute atomic E-state index is 12.2. The minimum absolute atomic E-state index is 0.622. The van der Waals surface area contributed by atoms with Crippen LogP contribution in [0, 0.1) is 5.41 Å². The molecule has 0 atom stereocenters. The Balaban J connectivity index is 5.35. The predicted molar refractivity (Wildman–Crippen MR) is 47.3 cm³/mol. The number of esters is 1. The molecule has 16 heavy (non-hydrogen) atoms. The van der Waals surface area contributed by atoms with Gasteiger partial charge in [0.2, 0.25) is 0 Å². The first-order valence-electron chi connectivity index (χ1n) is 3.91. The van der Waals surface area contributed by atoms with Crippen molar-refractivity contribution in [3.63, 3.8) is 0 Å². The summed E-state index contributed by atoms with van der Waals surface area (Å²) in [4.78, 5) is 11.0. The van der Waals surface area contributed by atoms with Crippen molar-refractivity contribution in [3.8, 4) is 0 Å². The van der Waals surface area contributed by atoms with Crippen LogP contribution in [-0.2, 0) is 14.3 Å². The highest BCUT2D eigenvalue weighted by atomic mass is 19.4.